The number of nitrogens with zero attached hydrogens (tertiary/aromatic N) is 6. The first-order valence-electron chi connectivity index (χ1n) is 12.5. The minimum absolute atomic E-state index is 0.0244. The van der Waals surface area contributed by atoms with Crippen molar-refractivity contribution in [3.63, 3.8) is 0 Å². The van der Waals surface area contributed by atoms with Crippen LogP contribution in [0, 0.1) is 6.92 Å². The van der Waals surface area contributed by atoms with Gasteiger partial charge in [-0.15, -0.1) is 0 Å². The zero-order chi connectivity index (χ0) is 26.4. The summed E-state index contributed by atoms with van der Waals surface area (Å²) in [5, 5.41) is 3.42. The number of nitrogens with one attached hydrogen (secondary N) is 1. The van der Waals surface area contributed by atoms with Crippen molar-refractivity contribution in [1.82, 2.24) is 19.9 Å². The number of pyridine rings is 2. The molecule has 0 aromatic carbocycles. The topological polar surface area (TPSA) is 115 Å². The third-order valence-electron chi connectivity index (χ3n) is 6.78. The average Bonchev–Trinajstić information content (AvgIpc) is 3.46. The van der Waals surface area contributed by atoms with E-state index in [1.165, 1.54) is 6.33 Å². The molecule has 2 fully saturated rings. The monoisotopic (exact) mass is 537 g/mol. The van der Waals surface area contributed by atoms with Crippen LogP contribution < -0.4 is 19.9 Å². The van der Waals surface area contributed by atoms with Crippen LogP contribution in [-0.4, -0.2) is 70.2 Å². The Morgan fingerprint density at radius 2 is 2.13 bits per heavy atom. The summed E-state index contributed by atoms with van der Waals surface area (Å²) < 4.78 is 17.1. The molecule has 198 valence electrons. The second kappa shape index (κ2) is 9.64. The highest BCUT2D eigenvalue weighted by Crippen LogP contribution is 2.43. The lowest BCUT2D eigenvalue weighted by Crippen LogP contribution is -2.48. The Balaban J connectivity index is 1.23. The molecule has 6 heterocycles. The number of rotatable bonds is 5. The van der Waals surface area contributed by atoms with Gasteiger partial charge in [-0.2, -0.15) is 0 Å². The van der Waals surface area contributed by atoms with Gasteiger partial charge in [0, 0.05) is 36.6 Å². The van der Waals surface area contributed by atoms with E-state index in [9.17, 15) is 4.79 Å². The lowest BCUT2D eigenvalue weighted by atomic mass is 10.1. The highest BCUT2D eigenvalue weighted by molar-refractivity contribution is 6.33. The zero-order valence-electron chi connectivity index (χ0n) is 21.3. The van der Waals surface area contributed by atoms with Crippen LogP contribution in [0.5, 0.6) is 5.88 Å². The van der Waals surface area contributed by atoms with E-state index in [1.54, 1.807) is 17.2 Å². The summed E-state index contributed by atoms with van der Waals surface area (Å²) >= 11 is 6.67. The smallest absolute Gasteiger partial charge is 0.329 e. The molecule has 2 saturated heterocycles. The van der Waals surface area contributed by atoms with Crippen LogP contribution in [0.1, 0.15) is 26.0 Å². The van der Waals surface area contributed by atoms with Crippen molar-refractivity contribution in [2.24, 2.45) is 0 Å². The van der Waals surface area contributed by atoms with Crippen molar-refractivity contribution in [1.29, 1.82) is 0 Å². The van der Waals surface area contributed by atoms with Gasteiger partial charge in [-0.1, -0.05) is 11.6 Å². The number of carbonyl (C=O) groups excluding carboxylic acids is 1. The maximum atomic E-state index is 13.6. The molecule has 0 aliphatic carbocycles. The summed E-state index contributed by atoms with van der Waals surface area (Å²) in [5.41, 5.74) is 3.14. The molecule has 6 rings (SSSR count). The first kappa shape index (κ1) is 24.8. The molecule has 0 unspecified atom stereocenters. The second-order valence-electron chi connectivity index (χ2n) is 10.0. The van der Waals surface area contributed by atoms with Gasteiger partial charge in [0.1, 0.15) is 24.9 Å². The van der Waals surface area contributed by atoms with Crippen LogP contribution in [0.2, 0.25) is 5.02 Å². The summed E-state index contributed by atoms with van der Waals surface area (Å²) in [6.45, 7) is 7.87. The molecule has 0 radical (unpaired) electrons. The normalized spacial score (nSPS) is 21.4. The predicted octanol–water partition coefficient (Wildman–Crippen LogP) is 4.06. The number of anilines is 3. The molecule has 2 bridgehead atoms. The molecule has 2 atom stereocenters. The number of ether oxygens (including phenoxy) is 3. The number of fused-ring (bicyclic) bond motifs is 4. The van der Waals surface area contributed by atoms with E-state index < -0.39 is 5.79 Å². The number of hydrogen-bond acceptors (Lipinski definition) is 9. The van der Waals surface area contributed by atoms with Crippen molar-refractivity contribution in [2.75, 3.05) is 41.4 Å². The minimum Gasteiger partial charge on any atom is -0.475 e. The molecule has 12 heteroatoms. The van der Waals surface area contributed by atoms with E-state index in [0.717, 1.165) is 29.9 Å². The SMILES string of the molecule is Cc1cc(-c2nc3c(cc2Cl)N2CC[C@@H](C2)N3C(=O)Nc2cc(OC[C@H]3COC(C)(C)O3)ncn2)ccn1. The highest BCUT2D eigenvalue weighted by Gasteiger charge is 2.41. The molecule has 11 nitrogen and oxygen atoms in total. The Bertz CT molecular complexity index is 1390. The summed E-state index contributed by atoms with van der Waals surface area (Å²) in [5.74, 6) is 0.588. The van der Waals surface area contributed by atoms with Gasteiger partial charge in [-0.25, -0.2) is 19.7 Å². The van der Waals surface area contributed by atoms with Gasteiger partial charge < -0.3 is 19.1 Å². The first-order valence-corrected chi connectivity index (χ1v) is 12.9. The highest BCUT2D eigenvalue weighted by atomic mass is 35.5. The van der Waals surface area contributed by atoms with Gasteiger partial charge in [-0.3, -0.25) is 15.2 Å². The van der Waals surface area contributed by atoms with Gasteiger partial charge >= 0.3 is 6.03 Å². The number of halogens is 1. The fourth-order valence-corrected chi connectivity index (χ4v) is 5.32. The average molecular weight is 538 g/mol. The van der Waals surface area contributed by atoms with Crippen LogP contribution in [0.4, 0.5) is 22.1 Å². The third kappa shape index (κ3) is 4.84. The van der Waals surface area contributed by atoms with Crippen molar-refractivity contribution >= 4 is 35.0 Å². The van der Waals surface area contributed by atoms with E-state index in [0.29, 0.717) is 41.4 Å². The summed E-state index contributed by atoms with van der Waals surface area (Å²) in [6.07, 6.45) is 3.69. The van der Waals surface area contributed by atoms with Crippen LogP contribution >= 0.6 is 11.6 Å². The van der Waals surface area contributed by atoms with Crippen molar-refractivity contribution in [3.8, 4) is 17.1 Å². The number of hydrogen-bond donors (Lipinski definition) is 1. The number of urea groups is 1. The number of amides is 2. The maximum absolute atomic E-state index is 13.6. The Hall–Kier alpha value is -3.54. The van der Waals surface area contributed by atoms with E-state index in [1.807, 2.05) is 39.0 Å². The van der Waals surface area contributed by atoms with Crippen LogP contribution in [0.3, 0.4) is 0 Å². The molecule has 38 heavy (non-hydrogen) atoms. The van der Waals surface area contributed by atoms with Crippen molar-refractivity contribution in [2.45, 2.75) is 45.1 Å². The predicted molar refractivity (Wildman–Crippen MR) is 142 cm³/mol. The third-order valence-corrected chi connectivity index (χ3v) is 7.07. The molecular formula is C26H28ClN7O4. The van der Waals surface area contributed by atoms with Crippen LogP contribution in [-0.2, 0) is 9.47 Å². The van der Waals surface area contributed by atoms with E-state index in [-0.39, 0.29) is 24.8 Å². The molecule has 3 aliphatic heterocycles. The fraction of sp³-hybridized carbons (Fsp3) is 0.423. The molecule has 2 amide bonds. The summed E-state index contributed by atoms with van der Waals surface area (Å²) in [6, 6.07) is 6.91. The van der Waals surface area contributed by atoms with Gasteiger partial charge in [0.2, 0.25) is 5.88 Å². The number of aryl methyl sites for hydroxylation is 1. The molecule has 1 N–H and O–H groups in total. The van der Waals surface area contributed by atoms with Crippen LogP contribution in [0.25, 0.3) is 11.3 Å². The van der Waals surface area contributed by atoms with Gasteiger partial charge in [-0.05, 0) is 45.4 Å². The molecule has 3 aromatic rings. The quantitative estimate of drug-likeness (QED) is 0.514. The molecule has 3 aromatic heterocycles. The summed E-state index contributed by atoms with van der Waals surface area (Å²) in [7, 11) is 0. The molecular weight excluding hydrogens is 510 g/mol. The zero-order valence-corrected chi connectivity index (χ0v) is 22.1. The molecule has 3 aliphatic rings. The standard InChI is InChI=1S/C26H28ClN7O4/c1-15-8-16(4-6-28-15)23-19(27)9-20-24(32-23)34(17-5-7-33(20)11-17)25(35)31-21-10-22(30-14-29-21)36-12-18-13-37-26(2,3)38-18/h4,6,8-10,14,17-18H,5,7,11-13H2,1-3H3,(H,29,30,31,35)/t17-,18-/m0/s1. The lowest BCUT2D eigenvalue weighted by molar-refractivity contribution is -0.141. The summed E-state index contributed by atoms with van der Waals surface area (Å²) in [4.78, 5) is 35.1. The van der Waals surface area contributed by atoms with E-state index >= 15 is 0 Å². The van der Waals surface area contributed by atoms with Crippen molar-refractivity contribution < 1.29 is 19.0 Å². The molecule has 0 spiro atoms. The maximum Gasteiger partial charge on any atom is 0.329 e. The Kier molecular flexibility index (Phi) is 6.29. The number of carbonyl (C=O) groups is 1. The Morgan fingerprint density at radius 1 is 1.26 bits per heavy atom. The fourth-order valence-electron chi connectivity index (χ4n) is 5.06. The first-order chi connectivity index (χ1) is 18.3. The number of aromatic nitrogens is 4. The van der Waals surface area contributed by atoms with Gasteiger partial charge in [0.25, 0.3) is 0 Å². The lowest BCUT2D eigenvalue weighted by Gasteiger charge is -2.36. The van der Waals surface area contributed by atoms with Crippen LogP contribution in [0.15, 0.2) is 36.8 Å². The van der Waals surface area contributed by atoms with E-state index in [2.05, 4.69) is 25.2 Å². The molecule has 0 saturated carbocycles. The Morgan fingerprint density at radius 3 is 2.92 bits per heavy atom. The van der Waals surface area contributed by atoms with Crippen molar-refractivity contribution in [3.05, 3.63) is 47.5 Å². The largest absolute Gasteiger partial charge is 0.475 e. The van der Waals surface area contributed by atoms with Gasteiger partial charge in [0.05, 0.1) is 29.1 Å². The minimum atomic E-state index is -0.631. The Labute approximate surface area is 225 Å². The van der Waals surface area contributed by atoms with E-state index in [4.69, 9.17) is 30.8 Å². The second-order valence-corrected chi connectivity index (χ2v) is 10.4. The van der Waals surface area contributed by atoms with Gasteiger partial charge in [0.15, 0.2) is 11.6 Å².